The van der Waals surface area contributed by atoms with Crippen LogP contribution in [0.25, 0.3) is 32.7 Å². The van der Waals surface area contributed by atoms with Crippen LogP contribution in [0.4, 0.5) is 11.4 Å². The molecule has 208 valence electrons. The molecule has 0 amide bonds. The number of aliphatic imine (C=N–C) groups is 2. The van der Waals surface area contributed by atoms with Crippen LogP contribution in [-0.2, 0) is 3.79 Å². The molecule has 0 spiro atoms. The zero-order valence-electron chi connectivity index (χ0n) is 24.0. The van der Waals surface area contributed by atoms with E-state index in [9.17, 15) is 0 Å². The highest BCUT2D eigenvalue weighted by molar-refractivity contribution is 6.39. The predicted molar refractivity (Wildman–Crippen MR) is 178 cm³/mol. The van der Waals surface area contributed by atoms with Crippen LogP contribution in [0.5, 0.6) is 11.5 Å². The molecule has 1 heterocycles. The predicted octanol–water partition coefficient (Wildman–Crippen LogP) is 9.34. The van der Waals surface area contributed by atoms with E-state index in [-0.39, 0.29) is 6.10 Å². The van der Waals surface area contributed by atoms with Crippen LogP contribution in [0.2, 0.25) is 0 Å². The van der Waals surface area contributed by atoms with Crippen LogP contribution in [0, 0.1) is 0 Å². The Hall–Kier alpha value is -4.73. The zero-order chi connectivity index (χ0) is 29.2. The number of benzene rings is 6. The van der Waals surface area contributed by atoms with Crippen molar-refractivity contribution < 1.29 is 11.4 Å². The molecule has 0 atom stereocenters. The van der Waals surface area contributed by atoms with Gasteiger partial charge < -0.3 is 11.4 Å². The molecule has 43 heavy (non-hydrogen) atoms. The van der Waals surface area contributed by atoms with E-state index in [0.717, 1.165) is 55.2 Å². The van der Waals surface area contributed by atoms with Gasteiger partial charge in [-0.25, -0.2) is 0 Å². The van der Waals surface area contributed by atoms with Gasteiger partial charge in [-0.05, 0) is 71.8 Å². The lowest BCUT2D eigenvalue weighted by Crippen LogP contribution is -2.36. The maximum Gasteiger partial charge on any atom is 1.10 e. The van der Waals surface area contributed by atoms with Crippen LogP contribution in [0.1, 0.15) is 25.0 Å². The van der Waals surface area contributed by atoms with E-state index in [1.165, 1.54) is 0 Å². The normalized spacial score (nSPS) is 12.9. The minimum absolute atomic E-state index is 0.0688. The highest BCUT2D eigenvalue weighted by atomic mass is 27.3. The van der Waals surface area contributed by atoms with Crippen molar-refractivity contribution in [3.8, 4) is 22.6 Å². The van der Waals surface area contributed by atoms with Gasteiger partial charge in [0.25, 0.3) is 0 Å². The maximum atomic E-state index is 6.48. The largest absolute Gasteiger partial charge is 1.10 e. The van der Waals surface area contributed by atoms with E-state index < -0.39 is 15.1 Å². The molecule has 0 N–H and O–H groups in total. The molecule has 0 radical (unpaired) electrons. The first-order valence-corrected chi connectivity index (χ1v) is 15.8. The van der Waals surface area contributed by atoms with Gasteiger partial charge in [0.2, 0.25) is 0 Å². The molecule has 6 heteroatoms. The number of rotatable bonds is 2. The summed E-state index contributed by atoms with van der Waals surface area (Å²) in [6.07, 6.45) is 3.66. The molecule has 7 rings (SSSR count). The average Bonchev–Trinajstić information content (AvgIpc) is 3.03. The first kappa shape index (κ1) is 27.1. The van der Waals surface area contributed by atoms with Gasteiger partial charge in [-0.1, -0.05) is 84.9 Å². The Morgan fingerprint density at radius 2 is 0.977 bits per heavy atom. The minimum Gasteiger partial charge on any atom is -0.588 e. The minimum atomic E-state index is -2.68. The Bertz CT molecular complexity index is 1880. The van der Waals surface area contributed by atoms with Gasteiger partial charge in [-0.2, -0.15) is 0 Å². The van der Waals surface area contributed by atoms with Crippen LogP contribution >= 0.6 is 0 Å². The summed E-state index contributed by atoms with van der Waals surface area (Å²) in [5.74, 6) is 1.33. The van der Waals surface area contributed by atoms with E-state index in [2.05, 4.69) is 72.8 Å². The molecule has 5 nitrogen and oxygen atoms in total. The second-order valence-electron chi connectivity index (χ2n) is 10.7. The topological polar surface area (TPSA) is 52.4 Å². The molecule has 0 unspecified atom stereocenters. The SMILES string of the molecule is CC(C)[O][Al]1[O]c2ccccc2C=Nc2ccc3ccccc3c2-c2c(ccc3ccccc23)N=Cc2ccccc2[O]1. The lowest BCUT2D eigenvalue weighted by molar-refractivity contribution is 0.154. The number of hydrogen-bond acceptors (Lipinski definition) is 5. The Balaban J connectivity index is 1.55. The Morgan fingerprint density at radius 3 is 1.47 bits per heavy atom. The van der Waals surface area contributed by atoms with Gasteiger partial charge in [0.05, 0.1) is 22.9 Å². The zero-order valence-corrected chi connectivity index (χ0v) is 25.1. The maximum absolute atomic E-state index is 6.48. The van der Waals surface area contributed by atoms with Crippen molar-refractivity contribution >= 4 is 60.5 Å². The second kappa shape index (κ2) is 11.9. The van der Waals surface area contributed by atoms with E-state index >= 15 is 0 Å². The van der Waals surface area contributed by atoms with E-state index in [1.54, 1.807) is 0 Å². The van der Waals surface area contributed by atoms with Gasteiger partial charge >= 0.3 is 15.1 Å². The Kier molecular flexibility index (Phi) is 7.49. The molecule has 6 aromatic rings. The van der Waals surface area contributed by atoms with E-state index in [1.807, 2.05) is 74.8 Å². The molecule has 0 aliphatic carbocycles. The highest BCUT2D eigenvalue weighted by Crippen LogP contribution is 2.45. The van der Waals surface area contributed by atoms with Crippen LogP contribution < -0.4 is 7.58 Å². The van der Waals surface area contributed by atoms with Gasteiger partial charge in [0.1, 0.15) is 0 Å². The van der Waals surface area contributed by atoms with Crippen molar-refractivity contribution in [2.75, 3.05) is 0 Å². The smallest absolute Gasteiger partial charge is 0.588 e. The molecule has 0 bridgehead atoms. The molecule has 0 fully saturated rings. The third kappa shape index (κ3) is 5.57. The number of para-hydroxylation sites is 2. The lowest BCUT2D eigenvalue weighted by Gasteiger charge is -2.19. The second-order valence-corrected chi connectivity index (χ2v) is 12.0. The van der Waals surface area contributed by atoms with Crippen LogP contribution in [0.15, 0.2) is 131 Å². The molecular formula is C37H29AlN2O3. The van der Waals surface area contributed by atoms with Crippen molar-refractivity contribution in [1.29, 1.82) is 0 Å². The first-order chi connectivity index (χ1) is 21.1. The quantitative estimate of drug-likeness (QED) is 0.193. The fourth-order valence-electron chi connectivity index (χ4n) is 5.44. The standard InChI is InChI=1S/C34H24N2O2.C3H7O.Al/c37-31-15-7-3-11-25(31)21-35-29-19-17-23-9-1-5-13-27(23)33(29)34-28-14-6-2-10-24(28)18-20-30(34)36-22-26-12-4-8-16-32(26)38;1-3(2)4;/h1-22,37-38H;3H,1-2H3;/q;-1;+3/p-2. The highest BCUT2D eigenvalue weighted by Gasteiger charge is 2.41. The van der Waals surface area contributed by atoms with Crippen molar-refractivity contribution in [2.24, 2.45) is 9.98 Å². The summed E-state index contributed by atoms with van der Waals surface area (Å²) in [7, 11) is 0. The molecule has 0 saturated carbocycles. The molecule has 0 saturated heterocycles. The summed E-state index contributed by atoms with van der Waals surface area (Å²) in [6.45, 7) is 3.97. The third-order valence-electron chi connectivity index (χ3n) is 7.42. The molecular weight excluding hydrogens is 547 g/mol. The summed E-state index contributed by atoms with van der Waals surface area (Å²) < 4.78 is 19.2. The molecule has 0 aromatic heterocycles. The van der Waals surface area contributed by atoms with Crippen LogP contribution in [0.3, 0.4) is 0 Å². The molecule has 6 aromatic carbocycles. The van der Waals surface area contributed by atoms with Crippen molar-refractivity contribution in [3.63, 3.8) is 0 Å². The fraction of sp³-hybridized carbons (Fsp3) is 0.0811. The van der Waals surface area contributed by atoms with Crippen molar-refractivity contribution in [3.05, 3.63) is 132 Å². The van der Waals surface area contributed by atoms with Crippen LogP contribution in [-0.4, -0.2) is 33.7 Å². The van der Waals surface area contributed by atoms with Gasteiger partial charge in [-0.15, -0.1) is 0 Å². The monoisotopic (exact) mass is 576 g/mol. The summed E-state index contributed by atoms with van der Waals surface area (Å²) in [5.41, 5.74) is 5.44. The lowest BCUT2D eigenvalue weighted by atomic mass is 9.91. The van der Waals surface area contributed by atoms with Crippen molar-refractivity contribution in [1.82, 2.24) is 0 Å². The van der Waals surface area contributed by atoms with Gasteiger partial charge in [0, 0.05) is 40.8 Å². The summed E-state index contributed by atoms with van der Waals surface area (Å²) in [4.78, 5) is 10.2. The molecule has 1 aliphatic heterocycles. The van der Waals surface area contributed by atoms with Gasteiger partial charge in [-0.3, -0.25) is 9.98 Å². The Labute approximate surface area is 256 Å². The average molecular weight is 577 g/mol. The number of fused-ring (bicyclic) bond motifs is 9. The Morgan fingerprint density at radius 1 is 0.535 bits per heavy atom. The van der Waals surface area contributed by atoms with Gasteiger partial charge in [0.15, 0.2) is 0 Å². The summed E-state index contributed by atoms with van der Waals surface area (Å²) >= 11 is -2.68. The molecule has 1 aliphatic rings. The van der Waals surface area contributed by atoms with E-state index in [0.29, 0.717) is 11.5 Å². The first-order valence-electron chi connectivity index (χ1n) is 14.4. The van der Waals surface area contributed by atoms with Crippen molar-refractivity contribution in [2.45, 2.75) is 20.0 Å². The number of hydrogen-bond donors (Lipinski definition) is 0. The summed E-state index contributed by atoms with van der Waals surface area (Å²) in [5, 5.41) is 4.50. The third-order valence-corrected chi connectivity index (χ3v) is 9.08. The summed E-state index contributed by atoms with van der Waals surface area (Å²) in [6, 6.07) is 41.0. The fourth-order valence-corrected chi connectivity index (χ4v) is 6.88. The number of nitrogens with zero attached hydrogens (tertiary/aromatic N) is 2. The van der Waals surface area contributed by atoms with E-state index in [4.69, 9.17) is 21.4 Å².